The van der Waals surface area contributed by atoms with Crippen LogP contribution in [-0.4, -0.2) is 15.9 Å². The largest absolute Gasteiger partial charge is 0.340 e. The van der Waals surface area contributed by atoms with E-state index in [2.05, 4.69) is 35.8 Å². The quantitative estimate of drug-likeness (QED) is 0.444. The molecule has 5 nitrogen and oxygen atoms in total. The molecule has 0 saturated heterocycles. The van der Waals surface area contributed by atoms with Gasteiger partial charge in [-0.3, -0.25) is 4.79 Å². The Hall–Kier alpha value is -3.25. The third-order valence-electron chi connectivity index (χ3n) is 4.51. The van der Waals surface area contributed by atoms with Gasteiger partial charge in [-0.1, -0.05) is 37.3 Å². The van der Waals surface area contributed by atoms with Gasteiger partial charge < -0.3 is 10.6 Å². The highest BCUT2D eigenvalue weighted by Crippen LogP contribution is 2.31. The smallest absolute Gasteiger partial charge is 0.221 e. The maximum Gasteiger partial charge on any atom is 0.221 e. The molecule has 0 aliphatic rings. The molecule has 4 rings (SSSR count). The maximum atomic E-state index is 11.2. The standard InChI is InChI=1S/C23H22N4OS/c1-3-19-14-20-22(25-18-11-9-17(10-12-18)24-15(2)28)26-21(27-23(20)29-19)13-16-7-5-4-6-8-16/h4-12,14H,3,13H2,1-2H3,(H,24,28)(H,25,26,27). The van der Waals surface area contributed by atoms with Crippen molar-refractivity contribution in [3.05, 3.63) is 76.9 Å². The molecule has 0 aliphatic carbocycles. The van der Waals surface area contributed by atoms with Crippen LogP contribution >= 0.6 is 11.3 Å². The molecule has 0 saturated carbocycles. The van der Waals surface area contributed by atoms with Crippen molar-refractivity contribution < 1.29 is 4.79 Å². The number of aryl methyl sites for hydroxylation is 1. The first-order valence-corrected chi connectivity index (χ1v) is 10.4. The highest BCUT2D eigenvalue weighted by atomic mass is 32.1. The summed E-state index contributed by atoms with van der Waals surface area (Å²) in [5.41, 5.74) is 2.86. The number of anilines is 3. The van der Waals surface area contributed by atoms with Crippen LogP contribution in [0.15, 0.2) is 60.7 Å². The van der Waals surface area contributed by atoms with Crippen molar-refractivity contribution in [2.45, 2.75) is 26.7 Å². The van der Waals surface area contributed by atoms with E-state index in [0.717, 1.165) is 39.7 Å². The van der Waals surface area contributed by atoms with Gasteiger partial charge in [0.05, 0.1) is 5.39 Å². The highest BCUT2D eigenvalue weighted by Gasteiger charge is 2.12. The van der Waals surface area contributed by atoms with Crippen LogP contribution in [0.1, 0.15) is 30.1 Å². The van der Waals surface area contributed by atoms with Crippen molar-refractivity contribution in [2.24, 2.45) is 0 Å². The molecular weight excluding hydrogens is 380 g/mol. The van der Waals surface area contributed by atoms with Crippen LogP contribution in [-0.2, 0) is 17.6 Å². The Morgan fingerprint density at radius 1 is 1.00 bits per heavy atom. The minimum absolute atomic E-state index is 0.0841. The van der Waals surface area contributed by atoms with Gasteiger partial charge in [-0.05, 0) is 42.3 Å². The summed E-state index contributed by atoms with van der Waals surface area (Å²) < 4.78 is 0. The number of rotatable bonds is 6. The molecule has 4 aromatic rings. The Balaban J connectivity index is 1.67. The fraction of sp³-hybridized carbons (Fsp3) is 0.174. The van der Waals surface area contributed by atoms with E-state index in [1.807, 2.05) is 42.5 Å². The molecule has 2 N–H and O–H groups in total. The predicted molar refractivity (Wildman–Crippen MR) is 120 cm³/mol. The van der Waals surface area contributed by atoms with E-state index < -0.39 is 0 Å². The van der Waals surface area contributed by atoms with Crippen LogP contribution in [0.5, 0.6) is 0 Å². The van der Waals surface area contributed by atoms with E-state index in [1.165, 1.54) is 17.4 Å². The van der Waals surface area contributed by atoms with Crippen molar-refractivity contribution in [3.8, 4) is 0 Å². The summed E-state index contributed by atoms with van der Waals surface area (Å²) in [5.74, 6) is 1.52. The fourth-order valence-corrected chi connectivity index (χ4v) is 4.11. The minimum Gasteiger partial charge on any atom is -0.340 e. The number of hydrogen-bond donors (Lipinski definition) is 2. The second kappa shape index (κ2) is 8.41. The second-order valence-corrected chi connectivity index (χ2v) is 7.93. The number of benzene rings is 2. The first-order chi connectivity index (χ1) is 14.1. The number of nitrogens with zero attached hydrogens (tertiary/aromatic N) is 2. The normalized spacial score (nSPS) is 10.8. The molecule has 0 fully saturated rings. The molecular formula is C23H22N4OS. The fourth-order valence-electron chi connectivity index (χ4n) is 3.12. The average molecular weight is 403 g/mol. The number of hydrogen-bond acceptors (Lipinski definition) is 5. The molecule has 2 heterocycles. The van der Waals surface area contributed by atoms with Crippen molar-refractivity contribution in [1.29, 1.82) is 0 Å². The molecule has 0 spiro atoms. The molecule has 0 aliphatic heterocycles. The molecule has 0 unspecified atom stereocenters. The number of nitrogens with one attached hydrogen (secondary N) is 2. The molecule has 2 aromatic carbocycles. The van der Waals surface area contributed by atoms with Gasteiger partial charge in [0.2, 0.25) is 5.91 Å². The van der Waals surface area contributed by atoms with Crippen molar-refractivity contribution in [3.63, 3.8) is 0 Å². The number of carbonyl (C=O) groups excluding carboxylic acids is 1. The van der Waals surface area contributed by atoms with Gasteiger partial charge in [-0.2, -0.15) is 0 Å². The van der Waals surface area contributed by atoms with Gasteiger partial charge in [-0.25, -0.2) is 9.97 Å². The summed E-state index contributed by atoms with van der Waals surface area (Å²) in [4.78, 5) is 23.1. The van der Waals surface area contributed by atoms with Gasteiger partial charge in [0, 0.05) is 29.6 Å². The highest BCUT2D eigenvalue weighted by molar-refractivity contribution is 7.18. The van der Waals surface area contributed by atoms with E-state index in [0.29, 0.717) is 6.42 Å². The van der Waals surface area contributed by atoms with Crippen LogP contribution in [0.25, 0.3) is 10.2 Å². The Kier molecular flexibility index (Phi) is 5.53. The molecule has 0 bridgehead atoms. The van der Waals surface area contributed by atoms with Gasteiger partial charge in [0.1, 0.15) is 16.5 Å². The monoisotopic (exact) mass is 402 g/mol. The number of thiophene rings is 1. The van der Waals surface area contributed by atoms with Crippen LogP contribution in [0, 0.1) is 0 Å². The van der Waals surface area contributed by atoms with E-state index in [4.69, 9.17) is 9.97 Å². The lowest BCUT2D eigenvalue weighted by molar-refractivity contribution is -0.114. The van der Waals surface area contributed by atoms with Crippen molar-refractivity contribution in [1.82, 2.24) is 9.97 Å². The molecule has 146 valence electrons. The molecule has 6 heteroatoms. The second-order valence-electron chi connectivity index (χ2n) is 6.82. The molecule has 1 amide bonds. The third-order valence-corrected chi connectivity index (χ3v) is 5.68. The lowest BCUT2D eigenvalue weighted by atomic mass is 10.1. The zero-order valence-corrected chi connectivity index (χ0v) is 17.2. The van der Waals surface area contributed by atoms with Gasteiger partial charge in [0.15, 0.2) is 0 Å². The Labute approximate surface area is 173 Å². The maximum absolute atomic E-state index is 11.2. The van der Waals surface area contributed by atoms with Crippen molar-refractivity contribution in [2.75, 3.05) is 10.6 Å². The first-order valence-electron chi connectivity index (χ1n) is 9.58. The van der Waals surface area contributed by atoms with Gasteiger partial charge in [0.25, 0.3) is 0 Å². The molecule has 0 radical (unpaired) electrons. The first kappa shape index (κ1) is 19.1. The third kappa shape index (κ3) is 4.60. The lowest BCUT2D eigenvalue weighted by Crippen LogP contribution is -2.05. The summed E-state index contributed by atoms with van der Waals surface area (Å²) >= 11 is 1.72. The number of carbonyl (C=O) groups is 1. The van der Waals surface area contributed by atoms with E-state index in [-0.39, 0.29) is 5.91 Å². The topological polar surface area (TPSA) is 66.9 Å². The Bertz CT molecular complexity index is 1140. The van der Waals surface area contributed by atoms with Crippen LogP contribution in [0.3, 0.4) is 0 Å². The number of aromatic nitrogens is 2. The summed E-state index contributed by atoms with van der Waals surface area (Å²) in [5, 5.41) is 7.25. The summed E-state index contributed by atoms with van der Waals surface area (Å²) in [6.45, 7) is 3.65. The van der Waals surface area contributed by atoms with Crippen LogP contribution in [0.2, 0.25) is 0 Å². The van der Waals surface area contributed by atoms with Crippen LogP contribution < -0.4 is 10.6 Å². The zero-order valence-electron chi connectivity index (χ0n) is 16.4. The van der Waals surface area contributed by atoms with E-state index >= 15 is 0 Å². The Morgan fingerprint density at radius 3 is 2.41 bits per heavy atom. The van der Waals surface area contributed by atoms with Gasteiger partial charge in [-0.15, -0.1) is 11.3 Å². The minimum atomic E-state index is -0.0841. The molecule has 2 aromatic heterocycles. The average Bonchev–Trinajstić information content (AvgIpc) is 3.13. The van der Waals surface area contributed by atoms with Gasteiger partial charge >= 0.3 is 0 Å². The SMILES string of the molecule is CCc1cc2c(Nc3ccc(NC(C)=O)cc3)nc(Cc3ccccc3)nc2s1. The predicted octanol–water partition coefficient (Wildman–Crippen LogP) is 5.55. The summed E-state index contributed by atoms with van der Waals surface area (Å²) in [6, 6.07) is 20.0. The summed E-state index contributed by atoms with van der Waals surface area (Å²) in [7, 11) is 0. The molecule has 29 heavy (non-hydrogen) atoms. The van der Waals surface area contributed by atoms with Crippen LogP contribution in [0.4, 0.5) is 17.2 Å². The number of fused-ring (bicyclic) bond motifs is 1. The molecule has 0 atom stereocenters. The number of amides is 1. The van der Waals surface area contributed by atoms with E-state index in [1.54, 1.807) is 11.3 Å². The van der Waals surface area contributed by atoms with E-state index in [9.17, 15) is 4.79 Å². The zero-order chi connectivity index (χ0) is 20.2. The van der Waals surface area contributed by atoms with Crippen molar-refractivity contribution >= 4 is 44.7 Å². The Morgan fingerprint density at radius 2 is 1.72 bits per heavy atom. The lowest BCUT2D eigenvalue weighted by Gasteiger charge is -2.10. The summed E-state index contributed by atoms with van der Waals surface area (Å²) in [6.07, 6.45) is 1.66.